The van der Waals surface area contributed by atoms with Crippen LogP contribution in [-0.4, -0.2) is 25.8 Å². The van der Waals surface area contributed by atoms with Gasteiger partial charge in [-0.25, -0.2) is 18.7 Å². The molecule has 0 N–H and O–H groups in total. The van der Waals surface area contributed by atoms with Gasteiger partial charge < -0.3 is 9.30 Å². The summed E-state index contributed by atoms with van der Waals surface area (Å²) in [7, 11) is 1.57. The highest BCUT2D eigenvalue weighted by atomic mass is 19.1. The van der Waals surface area contributed by atoms with E-state index in [0.717, 1.165) is 12.0 Å². The van der Waals surface area contributed by atoms with Gasteiger partial charge in [0.05, 0.1) is 25.7 Å². The van der Waals surface area contributed by atoms with E-state index >= 15 is 0 Å². The zero-order valence-electron chi connectivity index (χ0n) is 16.7. The van der Waals surface area contributed by atoms with Crippen LogP contribution in [0.1, 0.15) is 18.9 Å². The van der Waals surface area contributed by atoms with Gasteiger partial charge in [-0.1, -0.05) is 19.1 Å². The topological polar surface area (TPSA) is 71.1 Å². The van der Waals surface area contributed by atoms with Gasteiger partial charge >= 0.3 is 5.69 Å². The van der Waals surface area contributed by atoms with E-state index in [9.17, 15) is 14.0 Å². The first kappa shape index (κ1) is 19.6. The molecule has 8 heteroatoms. The second kappa shape index (κ2) is 7.98. The van der Waals surface area contributed by atoms with E-state index in [2.05, 4.69) is 4.98 Å². The number of hydrogen-bond donors (Lipinski definition) is 0. The Hall–Kier alpha value is -3.68. The van der Waals surface area contributed by atoms with Gasteiger partial charge in [0.25, 0.3) is 5.56 Å². The fourth-order valence-electron chi connectivity index (χ4n) is 3.47. The molecule has 0 radical (unpaired) electrons. The Morgan fingerprint density at radius 2 is 1.73 bits per heavy atom. The fourth-order valence-corrected chi connectivity index (χ4v) is 3.47. The van der Waals surface area contributed by atoms with Crippen LogP contribution in [0.15, 0.2) is 64.4 Å². The zero-order chi connectivity index (χ0) is 21.3. The van der Waals surface area contributed by atoms with E-state index in [1.165, 1.54) is 33.4 Å². The molecule has 0 unspecified atom stereocenters. The molecular formula is C22H21FN4O3. The van der Waals surface area contributed by atoms with Crippen LogP contribution in [0.2, 0.25) is 0 Å². The van der Waals surface area contributed by atoms with Crippen molar-refractivity contribution in [3.05, 3.63) is 87.1 Å². The van der Waals surface area contributed by atoms with E-state index in [1.54, 1.807) is 42.3 Å². The summed E-state index contributed by atoms with van der Waals surface area (Å²) >= 11 is 0. The molecule has 0 aliphatic carbocycles. The van der Waals surface area contributed by atoms with Crippen molar-refractivity contribution in [2.24, 2.45) is 0 Å². The molecule has 0 fully saturated rings. The lowest BCUT2D eigenvalue weighted by Gasteiger charge is -2.13. The number of rotatable bonds is 6. The first-order valence-corrected chi connectivity index (χ1v) is 9.63. The maximum atomic E-state index is 13.4. The Kier molecular flexibility index (Phi) is 5.22. The minimum atomic E-state index is -0.531. The molecule has 4 rings (SSSR count). The number of aromatic nitrogens is 4. The Bertz CT molecular complexity index is 1300. The lowest BCUT2D eigenvalue weighted by atomic mass is 10.2. The number of fused-ring (bicyclic) bond motifs is 1. The van der Waals surface area contributed by atoms with Gasteiger partial charge in [-0.15, -0.1) is 0 Å². The number of methoxy groups -OCH3 is 1. The highest BCUT2D eigenvalue weighted by Crippen LogP contribution is 2.15. The van der Waals surface area contributed by atoms with E-state index < -0.39 is 17.1 Å². The second-order valence-corrected chi connectivity index (χ2v) is 6.94. The highest BCUT2D eigenvalue weighted by Gasteiger charge is 2.19. The first-order valence-electron chi connectivity index (χ1n) is 9.63. The number of halogens is 1. The quantitative estimate of drug-likeness (QED) is 0.492. The average Bonchev–Trinajstić information content (AvgIpc) is 3.17. The second-order valence-electron chi connectivity index (χ2n) is 6.94. The van der Waals surface area contributed by atoms with Crippen molar-refractivity contribution in [1.29, 1.82) is 0 Å². The van der Waals surface area contributed by atoms with Crippen LogP contribution in [0, 0.1) is 5.82 Å². The molecule has 0 bridgehead atoms. The van der Waals surface area contributed by atoms with Gasteiger partial charge in [0.15, 0.2) is 11.2 Å². The Labute approximate surface area is 171 Å². The first-order chi connectivity index (χ1) is 14.5. The number of benzene rings is 2. The molecule has 0 saturated heterocycles. The van der Waals surface area contributed by atoms with Gasteiger partial charge in [-0.3, -0.25) is 9.36 Å². The molecule has 0 spiro atoms. The lowest BCUT2D eigenvalue weighted by molar-refractivity contribution is 0.414. The largest absolute Gasteiger partial charge is 0.497 e. The molecule has 0 amide bonds. The third-order valence-corrected chi connectivity index (χ3v) is 4.95. The van der Waals surface area contributed by atoms with Crippen LogP contribution < -0.4 is 16.0 Å². The monoisotopic (exact) mass is 408 g/mol. The van der Waals surface area contributed by atoms with E-state index in [1.807, 2.05) is 6.92 Å². The normalized spacial score (nSPS) is 11.2. The molecular weight excluding hydrogens is 387 g/mol. The van der Waals surface area contributed by atoms with Crippen LogP contribution in [-0.2, 0) is 13.1 Å². The van der Waals surface area contributed by atoms with Crippen LogP contribution >= 0.6 is 0 Å². The summed E-state index contributed by atoms with van der Waals surface area (Å²) in [5.74, 6) is 0.275. The van der Waals surface area contributed by atoms with Crippen molar-refractivity contribution in [1.82, 2.24) is 18.7 Å². The highest BCUT2D eigenvalue weighted by molar-refractivity contribution is 5.72. The number of nitrogens with zero attached hydrogens (tertiary/aromatic N) is 4. The van der Waals surface area contributed by atoms with E-state index in [4.69, 9.17) is 4.74 Å². The van der Waals surface area contributed by atoms with Gasteiger partial charge in [0.1, 0.15) is 11.6 Å². The van der Waals surface area contributed by atoms with Crippen LogP contribution in [0.4, 0.5) is 4.39 Å². The Balaban J connectivity index is 1.96. The molecule has 7 nitrogen and oxygen atoms in total. The van der Waals surface area contributed by atoms with Gasteiger partial charge in [-0.05, 0) is 48.4 Å². The van der Waals surface area contributed by atoms with Crippen LogP contribution in [0.5, 0.6) is 5.75 Å². The summed E-state index contributed by atoms with van der Waals surface area (Å²) in [5.41, 5.74) is 0.885. The lowest BCUT2D eigenvalue weighted by Crippen LogP contribution is -2.40. The fraction of sp³-hybridized carbons (Fsp3) is 0.227. The molecule has 4 aromatic rings. The molecule has 0 atom stereocenters. The van der Waals surface area contributed by atoms with Crippen molar-refractivity contribution < 1.29 is 9.13 Å². The Morgan fingerprint density at radius 3 is 2.37 bits per heavy atom. The third kappa shape index (κ3) is 3.41. The van der Waals surface area contributed by atoms with Crippen LogP contribution in [0.3, 0.4) is 0 Å². The van der Waals surface area contributed by atoms with Crippen molar-refractivity contribution in [3.8, 4) is 11.4 Å². The summed E-state index contributed by atoms with van der Waals surface area (Å²) in [6.45, 7) is 2.68. The van der Waals surface area contributed by atoms with Crippen molar-refractivity contribution in [2.75, 3.05) is 7.11 Å². The number of hydrogen-bond acceptors (Lipinski definition) is 4. The zero-order valence-corrected chi connectivity index (χ0v) is 16.7. The summed E-state index contributed by atoms with van der Waals surface area (Å²) in [5, 5.41) is 0. The minimum Gasteiger partial charge on any atom is -0.497 e. The maximum absolute atomic E-state index is 13.4. The van der Waals surface area contributed by atoms with Crippen molar-refractivity contribution in [3.63, 3.8) is 0 Å². The number of ether oxygens (including phenoxy) is 1. The summed E-state index contributed by atoms with van der Waals surface area (Å²) in [4.78, 5) is 30.9. The van der Waals surface area contributed by atoms with Gasteiger partial charge in [-0.2, -0.15) is 0 Å². The molecule has 2 heterocycles. The van der Waals surface area contributed by atoms with Crippen molar-refractivity contribution >= 4 is 11.2 Å². The minimum absolute atomic E-state index is 0.0934. The molecule has 0 aliphatic heterocycles. The van der Waals surface area contributed by atoms with E-state index in [0.29, 0.717) is 23.5 Å². The smallest absolute Gasteiger partial charge is 0.337 e. The van der Waals surface area contributed by atoms with E-state index in [-0.39, 0.29) is 12.2 Å². The van der Waals surface area contributed by atoms with Gasteiger partial charge in [0.2, 0.25) is 0 Å². The molecule has 0 aliphatic rings. The number of imidazole rings is 1. The SMILES string of the molecule is CCCn1cnc2c1c(=O)n(Cc1ccc(OC)cc1)c(=O)n2-c1ccc(F)cc1. The molecule has 2 aromatic carbocycles. The summed E-state index contributed by atoms with van der Waals surface area (Å²) < 4.78 is 22.9. The predicted octanol–water partition coefficient (Wildman–Crippen LogP) is 2.95. The number of aryl methyl sites for hydroxylation is 1. The summed E-state index contributed by atoms with van der Waals surface area (Å²) in [6.07, 6.45) is 2.37. The molecule has 154 valence electrons. The van der Waals surface area contributed by atoms with Crippen LogP contribution in [0.25, 0.3) is 16.9 Å². The van der Waals surface area contributed by atoms with Gasteiger partial charge in [0, 0.05) is 6.54 Å². The third-order valence-electron chi connectivity index (χ3n) is 4.95. The maximum Gasteiger partial charge on any atom is 0.337 e. The molecule has 0 saturated carbocycles. The summed E-state index contributed by atoms with van der Waals surface area (Å²) in [6, 6.07) is 12.7. The molecule has 2 aromatic heterocycles. The van der Waals surface area contributed by atoms with Crippen molar-refractivity contribution in [2.45, 2.75) is 26.4 Å². The average molecular weight is 408 g/mol. The standard InChI is InChI=1S/C22H21FN4O3/c1-3-12-25-14-24-20-19(25)21(28)26(13-15-4-10-18(30-2)11-5-15)22(29)27(20)17-8-6-16(23)7-9-17/h4-11,14H,3,12-13H2,1-2H3. The Morgan fingerprint density at radius 1 is 1.03 bits per heavy atom. The predicted molar refractivity (Wildman–Crippen MR) is 112 cm³/mol. The molecule has 30 heavy (non-hydrogen) atoms.